The van der Waals surface area contributed by atoms with Crippen molar-refractivity contribution < 1.29 is 4.74 Å². The summed E-state index contributed by atoms with van der Waals surface area (Å²) >= 11 is 2.07. The minimum Gasteiger partial charge on any atom is -0.379 e. The average molecular weight is 466 g/mol. The fraction of sp³-hybridized carbons (Fsp3) is 0.824. The first-order chi connectivity index (χ1) is 11.3. The van der Waals surface area contributed by atoms with Gasteiger partial charge in [-0.2, -0.15) is 11.8 Å². The fourth-order valence-electron chi connectivity index (χ4n) is 3.58. The van der Waals surface area contributed by atoms with Crippen molar-refractivity contribution in [3.63, 3.8) is 0 Å². The molecule has 138 valence electrons. The molecule has 5 nitrogen and oxygen atoms in total. The van der Waals surface area contributed by atoms with Crippen molar-refractivity contribution in [1.29, 1.82) is 0 Å². The van der Waals surface area contributed by atoms with Crippen LogP contribution in [0.4, 0.5) is 0 Å². The molecule has 1 atom stereocenters. The van der Waals surface area contributed by atoms with E-state index in [-0.39, 0.29) is 29.5 Å². The second-order valence-electron chi connectivity index (χ2n) is 6.61. The van der Waals surface area contributed by atoms with E-state index in [4.69, 9.17) is 9.73 Å². The third kappa shape index (κ3) is 5.25. The molecule has 3 aliphatic rings. The minimum absolute atomic E-state index is 0. The van der Waals surface area contributed by atoms with Crippen molar-refractivity contribution in [3.8, 4) is 0 Å². The summed E-state index contributed by atoms with van der Waals surface area (Å²) < 4.78 is 5.54. The molecule has 0 aromatic carbocycles. The highest BCUT2D eigenvalue weighted by atomic mass is 127. The van der Waals surface area contributed by atoms with Gasteiger partial charge >= 0.3 is 0 Å². The standard InChI is InChI=1S/C17H30N4OS.HI/c1-2-18-16(20-15-5-3-4-6-15)19-13-17(7-12-23-14-17)21-8-10-22-11-9-21;/h3-4,15H,2,5-14H2,1H3,(H2,18,19,20);1H. The van der Waals surface area contributed by atoms with E-state index in [0.717, 1.165) is 58.2 Å². The van der Waals surface area contributed by atoms with E-state index in [1.54, 1.807) is 0 Å². The van der Waals surface area contributed by atoms with Gasteiger partial charge in [-0.3, -0.25) is 9.89 Å². The van der Waals surface area contributed by atoms with Crippen LogP contribution in [0.15, 0.2) is 17.1 Å². The molecule has 0 saturated carbocycles. The van der Waals surface area contributed by atoms with Crippen molar-refractivity contribution >= 4 is 41.7 Å². The highest BCUT2D eigenvalue weighted by Gasteiger charge is 2.40. The van der Waals surface area contributed by atoms with Crippen molar-refractivity contribution in [3.05, 3.63) is 12.2 Å². The van der Waals surface area contributed by atoms with Crippen LogP contribution in [0, 0.1) is 0 Å². The molecule has 2 saturated heterocycles. The van der Waals surface area contributed by atoms with Crippen LogP contribution in [0.25, 0.3) is 0 Å². The molecule has 3 rings (SSSR count). The maximum Gasteiger partial charge on any atom is 0.191 e. The number of guanidine groups is 1. The van der Waals surface area contributed by atoms with Gasteiger partial charge in [0.1, 0.15) is 0 Å². The minimum atomic E-state index is 0. The Labute approximate surface area is 167 Å². The molecule has 7 heteroatoms. The van der Waals surface area contributed by atoms with Gasteiger partial charge in [0.05, 0.1) is 25.3 Å². The van der Waals surface area contributed by atoms with E-state index in [1.807, 2.05) is 0 Å². The zero-order valence-corrected chi connectivity index (χ0v) is 17.8. The van der Waals surface area contributed by atoms with Gasteiger partial charge in [-0.05, 0) is 31.9 Å². The molecule has 2 N–H and O–H groups in total. The van der Waals surface area contributed by atoms with Crippen LogP contribution in [0.5, 0.6) is 0 Å². The van der Waals surface area contributed by atoms with Crippen LogP contribution >= 0.6 is 35.7 Å². The molecule has 2 fully saturated rings. The van der Waals surface area contributed by atoms with Gasteiger partial charge in [0.15, 0.2) is 5.96 Å². The third-order valence-electron chi connectivity index (χ3n) is 4.99. The first-order valence-electron chi connectivity index (χ1n) is 8.93. The van der Waals surface area contributed by atoms with E-state index in [2.05, 4.69) is 46.4 Å². The Bertz CT molecular complexity index is 426. The first-order valence-corrected chi connectivity index (χ1v) is 10.1. The molecule has 0 aromatic heterocycles. The molecule has 0 bridgehead atoms. The molecule has 24 heavy (non-hydrogen) atoms. The summed E-state index contributed by atoms with van der Waals surface area (Å²) in [6.45, 7) is 7.75. The average Bonchev–Trinajstić information content (AvgIpc) is 3.26. The van der Waals surface area contributed by atoms with Crippen LogP contribution in [-0.2, 0) is 4.74 Å². The van der Waals surface area contributed by atoms with E-state index < -0.39 is 0 Å². The molecule has 2 aliphatic heterocycles. The number of morpholine rings is 1. The van der Waals surface area contributed by atoms with Gasteiger partial charge in [-0.15, -0.1) is 24.0 Å². The monoisotopic (exact) mass is 466 g/mol. The molecule has 1 unspecified atom stereocenters. The summed E-state index contributed by atoms with van der Waals surface area (Å²) in [6.07, 6.45) is 7.96. The second kappa shape index (κ2) is 10.2. The van der Waals surface area contributed by atoms with Crippen LogP contribution in [0.1, 0.15) is 26.2 Å². The highest BCUT2D eigenvalue weighted by Crippen LogP contribution is 2.34. The predicted molar refractivity (Wildman–Crippen MR) is 114 cm³/mol. The third-order valence-corrected chi connectivity index (χ3v) is 6.22. The molecular weight excluding hydrogens is 435 g/mol. The van der Waals surface area contributed by atoms with Crippen molar-refractivity contribution in [2.45, 2.75) is 37.8 Å². The number of hydrogen-bond acceptors (Lipinski definition) is 4. The Hall–Kier alpha value is 0.01000. The van der Waals surface area contributed by atoms with Crippen molar-refractivity contribution in [2.24, 2.45) is 4.99 Å². The fourth-order valence-corrected chi connectivity index (χ4v) is 5.05. The molecular formula is C17H31IN4OS. The van der Waals surface area contributed by atoms with Crippen molar-refractivity contribution in [2.75, 3.05) is 50.9 Å². The number of nitrogens with one attached hydrogen (secondary N) is 2. The van der Waals surface area contributed by atoms with E-state index in [9.17, 15) is 0 Å². The Kier molecular flexibility index (Phi) is 8.66. The number of thioether (sulfide) groups is 1. The summed E-state index contributed by atoms with van der Waals surface area (Å²) in [4.78, 5) is 7.60. The Morgan fingerprint density at radius 1 is 1.33 bits per heavy atom. The number of ether oxygens (including phenoxy) is 1. The maximum atomic E-state index is 5.54. The molecule has 0 amide bonds. The van der Waals surface area contributed by atoms with Crippen LogP contribution in [0.3, 0.4) is 0 Å². The number of nitrogens with zero attached hydrogens (tertiary/aromatic N) is 2. The molecule has 0 spiro atoms. The van der Waals surface area contributed by atoms with Gasteiger partial charge in [-0.1, -0.05) is 12.2 Å². The SMILES string of the molecule is CCNC(=NCC1(N2CCOCC2)CCSC1)NC1CC=CC1.I. The summed E-state index contributed by atoms with van der Waals surface area (Å²) in [5, 5.41) is 7.00. The lowest BCUT2D eigenvalue weighted by molar-refractivity contribution is -0.0104. The molecule has 0 aromatic rings. The lowest BCUT2D eigenvalue weighted by Gasteiger charge is -2.42. The van der Waals surface area contributed by atoms with Gasteiger partial charge in [0, 0.05) is 31.4 Å². The lowest BCUT2D eigenvalue weighted by atomic mass is 9.96. The van der Waals surface area contributed by atoms with Crippen LogP contribution in [0.2, 0.25) is 0 Å². The summed E-state index contributed by atoms with van der Waals surface area (Å²) in [7, 11) is 0. The Morgan fingerprint density at radius 2 is 2.08 bits per heavy atom. The molecule has 2 heterocycles. The van der Waals surface area contributed by atoms with Gasteiger partial charge < -0.3 is 15.4 Å². The predicted octanol–water partition coefficient (Wildman–Crippen LogP) is 2.09. The maximum absolute atomic E-state index is 5.54. The Balaban J connectivity index is 0.00000208. The zero-order valence-electron chi connectivity index (χ0n) is 14.6. The zero-order chi connectivity index (χ0) is 16.0. The molecule has 1 aliphatic carbocycles. The number of halogens is 1. The van der Waals surface area contributed by atoms with Crippen molar-refractivity contribution in [1.82, 2.24) is 15.5 Å². The van der Waals surface area contributed by atoms with E-state index >= 15 is 0 Å². The first kappa shape index (κ1) is 20.3. The van der Waals surface area contributed by atoms with Gasteiger partial charge in [0.25, 0.3) is 0 Å². The van der Waals surface area contributed by atoms with Crippen LogP contribution in [-0.4, -0.2) is 73.3 Å². The summed E-state index contributed by atoms with van der Waals surface area (Å²) in [5.74, 6) is 3.43. The van der Waals surface area contributed by atoms with E-state index in [0.29, 0.717) is 6.04 Å². The largest absolute Gasteiger partial charge is 0.379 e. The Morgan fingerprint density at radius 3 is 2.71 bits per heavy atom. The smallest absolute Gasteiger partial charge is 0.191 e. The number of aliphatic imine (C=N–C) groups is 1. The summed E-state index contributed by atoms with van der Waals surface area (Å²) in [5.41, 5.74) is 0.227. The highest BCUT2D eigenvalue weighted by molar-refractivity contribution is 14.0. The second-order valence-corrected chi connectivity index (χ2v) is 7.71. The summed E-state index contributed by atoms with van der Waals surface area (Å²) in [6, 6.07) is 0.505. The van der Waals surface area contributed by atoms with Gasteiger partial charge in [-0.25, -0.2) is 0 Å². The molecule has 0 radical (unpaired) electrons. The van der Waals surface area contributed by atoms with E-state index in [1.165, 1.54) is 17.9 Å². The number of hydrogen-bond donors (Lipinski definition) is 2. The lowest BCUT2D eigenvalue weighted by Crippen LogP contribution is -2.56. The normalized spacial score (nSPS) is 28.8. The quantitative estimate of drug-likeness (QED) is 0.281. The number of rotatable bonds is 5. The topological polar surface area (TPSA) is 48.9 Å². The van der Waals surface area contributed by atoms with Gasteiger partial charge in [0.2, 0.25) is 0 Å². The van der Waals surface area contributed by atoms with Crippen LogP contribution < -0.4 is 10.6 Å².